The predicted molar refractivity (Wildman–Crippen MR) is 94.8 cm³/mol. The molecule has 4 heterocycles. The van der Waals surface area contributed by atoms with Gasteiger partial charge in [-0.3, -0.25) is 0 Å². The summed E-state index contributed by atoms with van der Waals surface area (Å²) in [6.45, 7) is 8.04. The monoisotopic (exact) mass is 357 g/mol. The zero-order chi connectivity index (χ0) is 18.5. The van der Waals surface area contributed by atoms with E-state index >= 15 is 0 Å². The molecule has 0 amide bonds. The summed E-state index contributed by atoms with van der Waals surface area (Å²) in [5, 5.41) is 26.9. The number of aliphatic hydroxyl groups is 1. The van der Waals surface area contributed by atoms with E-state index in [-0.39, 0.29) is 11.5 Å². The Morgan fingerprint density at radius 3 is 2.69 bits per heavy atom. The molecular weight excluding hydrogens is 334 g/mol. The summed E-state index contributed by atoms with van der Waals surface area (Å²) in [5.41, 5.74) is 0.548. The van der Waals surface area contributed by atoms with E-state index in [0.29, 0.717) is 18.9 Å². The molecule has 0 spiro atoms. The van der Waals surface area contributed by atoms with Crippen LogP contribution in [0.2, 0.25) is 0 Å². The van der Waals surface area contributed by atoms with Gasteiger partial charge in [-0.1, -0.05) is 20.8 Å². The minimum Gasteiger partial charge on any atom is -0.391 e. The van der Waals surface area contributed by atoms with Crippen molar-refractivity contribution in [1.29, 1.82) is 0 Å². The molecule has 0 aromatic carbocycles. The van der Waals surface area contributed by atoms with Gasteiger partial charge in [-0.2, -0.15) is 5.10 Å². The highest BCUT2D eigenvalue weighted by atomic mass is 16.3. The number of hydrogen-bond donors (Lipinski definition) is 1. The van der Waals surface area contributed by atoms with Crippen LogP contribution in [0.3, 0.4) is 0 Å². The summed E-state index contributed by atoms with van der Waals surface area (Å²) in [5.74, 6) is 2.28. The smallest absolute Gasteiger partial charge is 0.172 e. The average molecular weight is 357 g/mol. The third kappa shape index (κ3) is 2.90. The van der Waals surface area contributed by atoms with Crippen LogP contribution in [-0.2, 0) is 19.0 Å². The van der Waals surface area contributed by atoms with Crippen molar-refractivity contribution in [2.24, 2.45) is 7.05 Å². The summed E-state index contributed by atoms with van der Waals surface area (Å²) >= 11 is 0. The van der Waals surface area contributed by atoms with E-state index < -0.39 is 0 Å². The second kappa shape index (κ2) is 5.97. The maximum atomic E-state index is 9.94. The number of rotatable bonds is 3. The molecule has 0 bridgehead atoms. The minimum absolute atomic E-state index is 0.206. The first kappa shape index (κ1) is 16.8. The van der Waals surface area contributed by atoms with Crippen LogP contribution in [0.5, 0.6) is 0 Å². The lowest BCUT2D eigenvalue weighted by molar-refractivity contribution is 0.198. The van der Waals surface area contributed by atoms with Gasteiger partial charge in [0.2, 0.25) is 0 Å². The van der Waals surface area contributed by atoms with Gasteiger partial charge in [0.25, 0.3) is 0 Å². The van der Waals surface area contributed by atoms with Crippen LogP contribution in [0.25, 0.3) is 11.0 Å². The molecule has 3 aromatic heterocycles. The van der Waals surface area contributed by atoms with E-state index in [4.69, 9.17) is 9.97 Å². The van der Waals surface area contributed by atoms with Gasteiger partial charge in [0.15, 0.2) is 11.5 Å². The van der Waals surface area contributed by atoms with Crippen molar-refractivity contribution in [3.8, 4) is 0 Å². The zero-order valence-corrected chi connectivity index (χ0v) is 15.5. The molecule has 3 aromatic rings. The molecule has 0 aliphatic carbocycles. The van der Waals surface area contributed by atoms with Gasteiger partial charge in [-0.15, -0.1) is 5.10 Å². The van der Waals surface area contributed by atoms with E-state index in [1.54, 1.807) is 22.6 Å². The molecule has 26 heavy (non-hydrogen) atoms. The van der Waals surface area contributed by atoms with Gasteiger partial charge in [-0.25, -0.2) is 19.3 Å². The summed E-state index contributed by atoms with van der Waals surface area (Å²) in [7, 11) is 1.80. The van der Waals surface area contributed by atoms with E-state index in [1.807, 2.05) is 0 Å². The molecule has 10 nitrogen and oxygen atoms in total. The third-order valence-corrected chi connectivity index (χ3v) is 4.61. The molecule has 0 radical (unpaired) electrons. The van der Waals surface area contributed by atoms with Gasteiger partial charge in [0.1, 0.15) is 18.2 Å². The Morgan fingerprint density at radius 2 is 2.08 bits per heavy atom. The van der Waals surface area contributed by atoms with E-state index in [0.717, 1.165) is 35.6 Å². The van der Waals surface area contributed by atoms with Crippen LogP contribution in [0.4, 0.5) is 5.82 Å². The highest BCUT2D eigenvalue weighted by Gasteiger charge is 2.28. The molecule has 0 saturated carbocycles. The topological polar surface area (TPSA) is 111 Å². The molecule has 1 unspecified atom stereocenters. The van der Waals surface area contributed by atoms with Crippen LogP contribution in [0, 0.1) is 0 Å². The molecule has 10 heteroatoms. The van der Waals surface area contributed by atoms with Gasteiger partial charge in [0.05, 0.1) is 17.7 Å². The van der Waals surface area contributed by atoms with Gasteiger partial charge in [-0.05, 0) is 16.8 Å². The van der Waals surface area contributed by atoms with Crippen LogP contribution in [-0.4, -0.2) is 64.3 Å². The highest BCUT2D eigenvalue weighted by Crippen LogP contribution is 2.30. The number of tetrazole rings is 1. The lowest BCUT2D eigenvalue weighted by Gasteiger charge is -2.22. The Hall–Kier alpha value is -2.62. The molecule has 1 aliphatic rings. The second-order valence-corrected chi connectivity index (χ2v) is 7.77. The molecule has 1 fully saturated rings. The Labute approximate surface area is 150 Å². The largest absolute Gasteiger partial charge is 0.391 e. The number of nitrogens with zero attached hydrogens (tertiary/aromatic N) is 9. The van der Waals surface area contributed by atoms with E-state index in [9.17, 15) is 5.11 Å². The number of hydrogen-bond acceptors (Lipinski definition) is 8. The number of aliphatic hydroxyl groups excluding tert-OH is 1. The lowest BCUT2D eigenvalue weighted by atomic mass is 9.95. The number of fused-ring (bicyclic) bond motifs is 1. The first-order valence-electron chi connectivity index (χ1n) is 8.71. The number of aryl methyl sites for hydroxylation is 1. The third-order valence-electron chi connectivity index (χ3n) is 4.61. The Bertz CT molecular complexity index is 939. The lowest BCUT2D eigenvalue weighted by Crippen LogP contribution is -2.25. The fourth-order valence-corrected chi connectivity index (χ4v) is 3.08. The predicted octanol–water partition coefficient (Wildman–Crippen LogP) is 0.267. The fraction of sp³-hybridized carbons (Fsp3) is 0.625. The molecule has 1 atom stereocenters. The van der Waals surface area contributed by atoms with Crippen molar-refractivity contribution in [3.05, 3.63) is 17.8 Å². The molecule has 1 aliphatic heterocycles. The minimum atomic E-state index is -0.321. The Morgan fingerprint density at radius 1 is 1.27 bits per heavy atom. The zero-order valence-electron chi connectivity index (χ0n) is 15.5. The SMILES string of the molecule is Cn1nnnc1Cn1ncc2c(N3CCC(O)C3)nc(C(C)(C)C)nc21. The first-order valence-corrected chi connectivity index (χ1v) is 8.71. The van der Waals surface area contributed by atoms with Gasteiger partial charge >= 0.3 is 0 Å². The van der Waals surface area contributed by atoms with Crippen LogP contribution < -0.4 is 4.90 Å². The number of aromatic nitrogens is 8. The van der Waals surface area contributed by atoms with Crippen LogP contribution >= 0.6 is 0 Å². The van der Waals surface area contributed by atoms with Crippen molar-refractivity contribution in [2.45, 2.75) is 45.3 Å². The molecule has 4 rings (SSSR count). The van der Waals surface area contributed by atoms with Crippen LogP contribution in [0.1, 0.15) is 38.8 Å². The molecule has 138 valence electrons. The number of anilines is 1. The average Bonchev–Trinajstić information content (AvgIpc) is 3.28. The first-order chi connectivity index (χ1) is 12.3. The van der Waals surface area contributed by atoms with Gasteiger partial charge in [0, 0.05) is 25.6 Å². The fourth-order valence-electron chi connectivity index (χ4n) is 3.08. The summed E-state index contributed by atoms with van der Waals surface area (Å²) in [4.78, 5) is 11.7. The Kier molecular flexibility index (Phi) is 3.87. The van der Waals surface area contributed by atoms with Crippen molar-refractivity contribution in [2.75, 3.05) is 18.0 Å². The van der Waals surface area contributed by atoms with Crippen molar-refractivity contribution in [3.63, 3.8) is 0 Å². The van der Waals surface area contributed by atoms with Crippen LogP contribution in [0.15, 0.2) is 6.20 Å². The van der Waals surface area contributed by atoms with Crippen molar-refractivity contribution < 1.29 is 5.11 Å². The normalized spacial score (nSPS) is 18.2. The van der Waals surface area contributed by atoms with E-state index in [1.165, 1.54) is 0 Å². The Balaban J connectivity index is 1.84. The van der Waals surface area contributed by atoms with Gasteiger partial charge < -0.3 is 10.0 Å². The van der Waals surface area contributed by atoms with Crippen molar-refractivity contribution in [1.82, 2.24) is 40.0 Å². The van der Waals surface area contributed by atoms with Crippen molar-refractivity contribution >= 4 is 16.9 Å². The summed E-state index contributed by atoms with van der Waals surface area (Å²) in [6.07, 6.45) is 2.21. The maximum Gasteiger partial charge on any atom is 0.172 e. The quantitative estimate of drug-likeness (QED) is 0.711. The maximum absolute atomic E-state index is 9.94. The van der Waals surface area contributed by atoms with E-state index in [2.05, 4.69) is 46.3 Å². The summed E-state index contributed by atoms with van der Waals surface area (Å²) < 4.78 is 3.42. The number of β-amino-alcohol motifs (C(OH)–C–C–N with tert-alkyl or cyclic N) is 1. The standard InChI is InChI=1S/C16H23N9O/c1-16(2,3)15-18-13(24-6-5-10(26)8-24)11-7-17-25(14(11)19-15)9-12-20-21-22-23(12)4/h7,10,26H,5-6,8-9H2,1-4H3. The molecule has 1 saturated heterocycles. The highest BCUT2D eigenvalue weighted by molar-refractivity contribution is 5.87. The summed E-state index contributed by atoms with van der Waals surface area (Å²) in [6, 6.07) is 0. The molecular formula is C16H23N9O. The molecule has 1 N–H and O–H groups in total. The second-order valence-electron chi connectivity index (χ2n) is 7.77.